The van der Waals surface area contributed by atoms with E-state index in [1.165, 1.54) is 27.7 Å². The van der Waals surface area contributed by atoms with Gasteiger partial charge in [0.15, 0.2) is 0 Å². The second kappa shape index (κ2) is 5.39. The van der Waals surface area contributed by atoms with E-state index >= 15 is 0 Å². The summed E-state index contributed by atoms with van der Waals surface area (Å²) in [6, 6.07) is 21.1. The molecule has 3 aromatic carbocycles. The number of fused-ring (bicyclic) bond motifs is 1. The standard InChI is InChI=1S/C16H14N.Li/c1-12-6-2-5-9-15(12)17-16-11-10-13-7-3-4-8-14(13)16;/h2-11,17H,1H3;/q-1;+1. The third-order valence-electron chi connectivity index (χ3n) is 3.09. The van der Waals surface area contributed by atoms with Gasteiger partial charge in [-0.1, -0.05) is 30.0 Å². The van der Waals surface area contributed by atoms with Crippen molar-refractivity contribution in [1.82, 2.24) is 0 Å². The Labute approximate surface area is 119 Å². The van der Waals surface area contributed by atoms with Gasteiger partial charge in [0, 0.05) is 5.69 Å². The third-order valence-corrected chi connectivity index (χ3v) is 3.09. The summed E-state index contributed by atoms with van der Waals surface area (Å²) in [6.07, 6.45) is 0. The molecule has 1 nitrogen and oxygen atoms in total. The zero-order chi connectivity index (χ0) is 11.7. The fourth-order valence-corrected chi connectivity index (χ4v) is 2.12. The predicted molar refractivity (Wildman–Crippen MR) is 74.0 cm³/mol. The van der Waals surface area contributed by atoms with Crippen LogP contribution in [0.4, 0.5) is 11.4 Å². The minimum Gasteiger partial charge on any atom is -0.402 e. The van der Waals surface area contributed by atoms with E-state index in [0.717, 1.165) is 0 Å². The van der Waals surface area contributed by atoms with E-state index in [0.29, 0.717) is 0 Å². The Bertz CT molecular complexity index is 655. The smallest absolute Gasteiger partial charge is 0.402 e. The minimum atomic E-state index is 0. The quantitative estimate of drug-likeness (QED) is 0.518. The first-order chi connectivity index (χ1) is 8.34. The molecule has 1 N–H and O–H groups in total. The van der Waals surface area contributed by atoms with Crippen LogP contribution in [0.15, 0.2) is 60.7 Å². The Morgan fingerprint density at radius 2 is 1.61 bits per heavy atom. The van der Waals surface area contributed by atoms with E-state index < -0.39 is 0 Å². The molecule has 0 saturated carbocycles. The molecule has 0 aliphatic heterocycles. The van der Waals surface area contributed by atoms with Crippen LogP contribution < -0.4 is 24.2 Å². The summed E-state index contributed by atoms with van der Waals surface area (Å²) in [7, 11) is 0. The first-order valence-electron chi connectivity index (χ1n) is 5.82. The Kier molecular flexibility index (Phi) is 3.86. The largest absolute Gasteiger partial charge is 1.00 e. The molecule has 2 heteroatoms. The molecule has 3 aromatic rings. The van der Waals surface area contributed by atoms with E-state index in [1.807, 2.05) is 0 Å². The molecular formula is C16H14LiN. The fraction of sp³-hybridized carbons (Fsp3) is 0.0625. The fourth-order valence-electron chi connectivity index (χ4n) is 2.12. The first-order valence-corrected chi connectivity index (χ1v) is 5.82. The third kappa shape index (κ3) is 2.34. The van der Waals surface area contributed by atoms with Crippen LogP contribution in [-0.2, 0) is 0 Å². The molecular weight excluding hydrogens is 213 g/mol. The SMILES string of the molecule is Cc1ccccc1Nc1c[cH-]c2ccccc12.[Li+]. The Hall–Kier alpha value is -1.55. The van der Waals surface area contributed by atoms with Crippen molar-refractivity contribution in [3.8, 4) is 0 Å². The van der Waals surface area contributed by atoms with Gasteiger partial charge in [-0.3, -0.25) is 0 Å². The van der Waals surface area contributed by atoms with E-state index in [4.69, 9.17) is 0 Å². The van der Waals surface area contributed by atoms with Crippen molar-refractivity contribution in [1.29, 1.82) is 0 Å². The maximum atomic E-state index is 3.50. The average molecular weight is 227 g/mol. The van der Waals surface area contributed by atoms with Crippen molar-refractivity contribution in [3.63, 3.8) is 0 Å². The molecule has 0 heterocycles. The topological polar surface area (TPSA) is 12.0 Å². The van der Waals surface area contributed by atoms with Crippen molar-refractivity contribution in [2.24, 2.45) is 0 Å². The van der Waals surface area contributed by atoms with Crippen LogP contribution in [-0.4, -0.2) is 0 Å². The summed E-state index contributed by atoms with van der Waals surface area (Å²) >= 11 is 0. The van der Waals surface area contributed by atoms with Gasteiger partial charge >= 0.3 is 18.9 Å². The van der Waals surface area contributed by atoms with Crippen molar-refractivity contribution < 1.29 is 18.9 Å². The monoisotopic (exact) mass is 227 g/mol. The Morgan fingerprint density at radius 3 is 2.44 bits per heavy atom. The molecule has 3 rings (SSSR count). The average Bonchev–Trinajstić information content (AvgIpc) is 2.76. The van der Waals surface area contributed by atoms with Gasteiger partial charge in [0.2, 0.25) is 0 Å². The molecule has 0 radical (unpaired) electrons. The Morgan fingerprint density at radius 1 is 0.889 bits per heavy atom. The summed E-state index contributed by atoms with van der Waals surface area (Å²) in [4.78, 5) is 0. The summed E-state index contributed by atoms with van der Waals surface area (Å²) in [5, 5.41) is 6.05. The van der Waals surface area contributed by atoms with Gasteiger partial charge < -0.3 is 5.32 Å². The predicted octanol–water partition coefficient (Wildman–Crippen LogP) is 1.61. The van der Waals surface area contributed by atoms with Crippen LogP contribution in [0.5, 0.6) is 0 Å². The molecule has 0 amide bonds. The molecule has 0 bridgehead atoms. The van der Waals surface area contributed by atoms with Crippen LogP contribution in [0.2, 0.25) is 0 Å². The number of hydrogen-bond donors (Lipinski definition) is 1. The normalized spacial score (nSPS) is 10.1. The van der Waals surface area contributed by atoms with Gasteiger partial charge in [0.05, 0.1) is 0 Å². The molecule has 0 aromatic heterocycles. The van der Waals surface area contributed by atoms with Crippen LogP contribution in [0, 0.1) is 6.92 Å². The summed E-state index contributed by atoms with van der Waals surface area (Å²) in [6.45, 7) is 2.12. The molecule has 0 unspecified atom stereocenters. The van der Waals surface area contributed by atoms with Gasteiger partial charge in [0.25, 0.3) is 0 Å². The van der Waals surface area contributed by atoms with E-state index in [2.05, 4.69) is 72.9 Å². The number of hydrogen-bond acceptors (Lipinski definition) is 1. The van der Waals surface area contributed by atoms with E-state index in [9.17, 15) is 0 Å². The van der Waals surface area contributed by atoms with Gasteiger partial charge in [-0.05, 0) is 18.6 Å². The number of rotatable bonds is 2. The number of aryl methyl sites for hydroxylation is 1. The minimum absolute atomic E-state index is 0. The van der Waals surface area contributed by atoms with Crippen LogP contribution >= 0.6 is 0 Å². The van der Waals surface area contributed by atoms with Crippen molar-refractivity contribution in [3.05, 3.63) is 66.2 Å². The number of para-hydroxylation sites is 1. The second-order valence-corrected chi connectivity index (χ2v) is 4.27. The molecule has 0 atom stereocenters. The van der Waals surface area contributed by atoms with Gasteiger partial charge in [-0.2, -0.15) is 0 Å². The van der Waals surface area contributed by atoms with E-state index in [1.54, 1.807) is 0 Å². The van der Waals surface area contributed by atoms with E-state index in [-0.39, 0.29) is 18.9 Å². The summed E-state index contributed by atoms with van der Waals surface area (Å²) in [5.41, 5.74) is 3.61. The zero-order valence-electron chi connectivity index (χ0n) is 10.8. The molecule has 0 aliphatic carbocycles. The second-order valence-electron chi connectivity index (χ2n) is 4.27. The molecule has 84 valence electrons. The molecule has 0 spiro atoms. The van der Waals surface area contributed by atoms with Crippen LogP contribution in [0.3, 0.4) is 0 Å². The van der Waals surface area contributed by atoms with Gasteiger partial charge in [0.1, 0.15) is 0 Å². The van der Waals surface area contributed by atoms with Crippen molar-refractivity contribution in [2.45, 2.75) is 6.92 Å². The van der Waals surface area contributed by atoms with Gasteiger partial charge in [-0.25, -0.2) is 0 Å². The number of anilines is 2. The van der Waals surface area contributed by atoms with Crippen LogP contribution in [0.25, 0.3) is 10.8 Å². The number of benzene rings is 2. The molecule has 0 saturated heterocycles. The molecule has 0 fully saturated rings. The summed E-state index contributed by atoms with van der Waals surface area (Å²) in [5.74, 6) is 0. The maximum absolute atomic E-state index is 3.50. The zero-order valence-corrected chi connectivity index (χ0v) is 10.8. The molecule has 18 heavy (non-hydrogen) atoms. The van der Waals surface area contributed by atoms with Crippen molar-refractivity contribution in [2.75, 3.05) is 5.32 Å². The van der Waals surface area contributed by atoms with Crippen LogP contribution in [0.1, 0.15) is 5.56 Å². The first kappa shape index (κ1) is 12.9. The summed E-state index contributed by atoms with van der Waals surface area (Å²) < 4.78 is 0. The van der Waals surface area contributed by atoms with Crippen molar-refractivity contribution >= 4 is 22.1 Å². The molecule has 0 aliphatic rings. The maximum Gasteiger partial charge on any atom is 1.00 e. The Balaban J connectivity index is 0.00000120. The number of nitrogens with one attached hydrogen (secondary N) is 1. The van der Waals surface area contributed by atoms with Gasteiger partial charge in [-0.15, -0.1) is 41.1 Å².